The van der Waals surface area contributed by atoms with Crippen LogP contribution < -0.4 is 4.74 Å². The fraction of sp³-hybridized carbons (Fsp3) is 0.294. The summed E-state index contributed by atoms with van der Waals surface area (Å²) >= 11 is 18.1. The van der Waals surface area contributed by atoms with Gasteiger partial charge in [0.25, 0.3) is 5.91 Å². The first kappa shape index (κ1) is 17.3. The zero-order valence-electron chi connectivity index (χ0n) is 12.7. The van der Waals surface area contributed by atoms with Crippen LogP contribution in [-0.2, 0) is 0 Å². The SMILES string of the molecule is O=C(c1cc(Cl)ccc1Cl)N1CCC(Oc2ncccc2Cl)CC1. The van der Waals surface area contributed by atoms with E-state index >= 15 is 0 Å². The predicted octanol–water partition coefficient (Wildman–Crippen LogP) is 4.73. The lowest BCUT2D eigenvalue weighted by Gasteiger charge is -2.32. The lowest BCUT2D eigenvalue weighted by atomic mass is 10.1. The smallest absolute Gasteiger partial charge is 0.255 e. The molecule has 4 nitrogen and oxygen atoms in total. The minimum absolute atomic E-state index is 0.0173. The lowest BCUT2D eigenvalue weighted by Crippen LogP contribution is -2.42. The summed E-state index contributed by atoms with van der Waals surface area (Å²) in [4.78, 5) is 18.5. The van der Waals surface area contributed by atoms with Gasteiger partial charge in [-0.2, -0.15) is 0 Å². The van der Waals surface area contributed by atoms with Crippen molar-refractivity contribution in [3.05, 3.63) is 57.2 Å². The van der Waals surface area contributed by atoms with E-state index in [9.17, 15) is 4.79 Å². The molecule has 2 aromatic rings. The average Bonchev–Trinajstić information content (AvgIpc) is 2.59. The number of carbonyl (C=O) groups is 1. The summed E-state index contributed by atoms with van der Waals surface area (Å²) in [5.41, 5.74) is 0.427. The van der Waals surface area contributed by atoms with Crippen LogP contribution in [0.15, 0.2) is 36.5 Å². The number of rotatable bonds is 3. The maximum absolute atomic E-state index is 12.6. The highest BCUT2D eigenvalue weighted by Gasteiger charge is 2.26. The van der Waals surface area contributed by atoms with Crippen molar-refractivity contribution in [2.24, 2.45) is 0 Å². The lowest BCUT2D eigenvalue weighted by molar-refractivity contribution is 0.0588. The van der Waals surface area contributed by atoms with Crippen molar-refractivity contribution in [1.29, 1.82) is 0 Å². The largest absolute Gasteiger partial charge is 0.473 e. The van der Waals surface area contributed by atoms with Gasteiger partial charge in [0, 0.05) is 37.2 Å². The maximum Gasteiger partial charge on any atom is 0.255 e. The standard InChI is InChI=1S/C17H15Cl3N2O2/c18-11-3-4-14(19)13(10-11)17(23)22-8-5-12(6-9-22)24-16-15(20)2-1-7-21-16/h1-4,7,10,12H,5-6,8-9H2. The molecule has 1 amide bonds. The number of aromatic nitrogens is 1. The first-order valence-corrected chi connectivity index (χ1v) is 8.69. The van der Waals surface area contributed by atoms with E-state index in [-0.39, 0.29) is 12.0 Å². The highest BCUT2D eigenvalue weighted by molar-refractivity contribution is 6.35. The molecule has 0 radical (unpaired) electrons. The summed E-state index contributed by atoms with van der Waals surface area (Å²) in [6, 6.07) is 8.39. The molecule has 1 saturated heterocycles. The van der Waals surface area contributed by atoms with Crippen molar-refractivity contribution in [2.75, 3.05) is 13.1 Å². The second-order valence-corrected chi connectivity index (χ2v) is 6.77. The van der Waals surface area contributed by atoms with Gasteiger partial charge in [-0.15, -0.1) is 0 Å². The first-order valence-electron chi connectivity index (χ1n) is 7.56. The Labute approximate surface area is 155 Å². The molecular weight excluding hydrogens is 371 g/mol. The normalized spacial score (nSPS) is 15.4. The number of ether oxygens (including phenoxy) is 1. The van der Waals surface area contributed by atoms with Crippen molar-refractivity contribution < 1.29 is 9.53 Å². The van der Waals surface area contributed by atoms with Crippen molar-refractivity contribution in [3.63, 3.8) is 0 Å². The van der Waals surface area contributed by atoms with Gasteiger partial charge in [-0.05, 0) is 30.3 Å². The van der Waals surface area contributed by atoms with Gasteiger partial charge in [0.2, 0.25) is 5.88 Å². The van der Waals surface area contributed by atoms with Crippen LogP contribution in [0.3, 0.4) is 0 Å². The van der Waals surface area contributed by atoms with Crippen molar-refractivity contribution in [2.45, 2.75) is 18.9 Å². The Morgan fingerprint density at radius 1 is 1.12 bits per heavy atom. The summed E-state index contributed by atoms with van der Waals surface area (Å²) in [6.45, 7) is 1.16. The number of piperidine rings is 1. The molecule has 0 spiro atoms. The number of hydrogen-bond donors (Lipinski definition) is 0. The van der Waals surface area contributed by atoms with Gasteiger partial charge in [0.1, 0.15) is 11.1 Å². The van der Waals surface area contributed by atoms with Gasteiger partial charge in [-0.25, -0.2) is 4.98 Å². The van der Waals surface area contributed by atoms with Crippen LogP contribution in [-0.4, -0.2) is 35.0 Å². The fourth-order valence-corrected chi connectivity index (χ4v) is 3.16. The summed E-state index contributed by atoms with van der Waals surface area (Å²) in [5.74, 6) is 0.318. The van der Waals surface area contributed by atoms with Crippen LogP contribution in [0.4, 0.5) is 0 Å². The van der Waals surface area contributed by atoms with Crippen molar-refractivity contribution in [3.8, 4) is 5.88 Å². The van der Waals surface area contributed by atoms with E-state index in [2.05, 4.69) is 4.98 Å². The van der Waals surface area contributed by atoms with Crippen LogP contribution in [0, 0.1) is 0 Å². The van der Waals surface area contributed by atoms with E-state index in [0.29, 0.717) is 52.4 Å². The van der Waals surface area contributed by atoms with E-state index in [4.69, 9.17) is 39.5 Å². The quantitative estimate of drug-likeness (QED) is 0.767. The van der Waals surface area contributed by atoms with E-state index in [0.717, 1.165) is 0 Å². The summed E-state index contributed by atoms with van der Waals surface area (Å²) < 4.78 is 5.83. The minimum atomic E-state index is -0.114. The second kappa shape index (κ2) is 7.60. The molecule has 1 aliphatic rings. The van der Waals surface area contributed by atoms with Gasteiger partial charge in [0.05, 0.1) is 10.6 Å². The van der Waals surface area contributed by atoms with E-state index in [1.165, 1.54) is 0 Å². The molecule has 0 saturated carbocycles. The zero-order chi connectivity index (χ0) is 17.1. The number of hydrogen-bond acceptors (Lipinski definition) is 3. The molecule has 126 valence electrons. The molecule has 3 rings (SSSR count). The summed E-state index contributed by atoms with van der Waals surface area (Å²) in [6.07, 6.45) is 3.03. The molecule has 7 heteroatoms. The Bertz CT molecular complexity index is 746. The van der Waals surface area contributed by atoms with Crippen molar-refractivity contribution >= 4 is 40.7 Å². The predicted molar refractivity (Wildman–Crippen MR) is 95.3 cm³/mol. The van der Waals surface area contributed by atoms with Crippen LogP contribution in [0.5, 0.6) is 5.88 Å². The minimum Gasteiger partial charge on any atom is -0.473 e. The molecule has 0 aliphatic carbocycles. The highest BCUT2D eigenvalue weighted by atomic mass is 35.5. The van der Waals surface area contributed by atoms with Crippen LogP contribution >= 0.6 is 34.8 Å². The van der Waals surface area contributed by atoms with Crippen LogP contribution in [0.2, 0.25) is 15.1 Å². The molecule has 0 atom stereocenters. The third-order valence-corrected chi connectivity index (χ3v) is 4.74. The molecule has 1 aromatic carbocycles. The van der Waals surface area contributed by atoms with Crippen LogP contribution in [0.25, 0.3) is 0 Å². The maximum atomic E-state index is 12.6. The third kappa shape index (κ3) is 3.94. The summed E-state index contributed by atoms with van der Waals surface area (Å²) in [7, 11) is 0. The molecule has 1 aromatic heterocycles. The van der Waals surface area contributed by atoms with Gasteiger partial charge >= 0.3 is 0 Å². The molecule has 0 N–H and O–H groups in total. The molecular formula is C17H15Cl3N2O2. The second-order valence-electron chi connectivity index (χ2n) is 5.52. The van der Waals surface area contributed by atoms with Gasteiger partial charge in [0.15, 0.2) is 0 Å². The first-order chi connectivity index (χ1) is 11.5. The van der Waals surface area contributed by atoms with Gasteiger partial charge in [-0.1, -0.05) is 34.8 Å². The van der Waals surface area contributed by atoms with Crippen LogP contribution in [0.1, 0.15) is 23.2 Å². The number of carbonyl (C=O) groups excluding carboxylic acids is 1. The van der Waals surface area contributed by atoms with Gasteiger partial charge < -0.3 is 9.64 Å². The van der Waals surface area contributed by atoms with Gasteiger partial charge in [-0.3, -0.25) is 4.79 Å². The number of benzene rings is 1. The zero-order valence-corrected chi connectivity index (χ0v) is 15.0. The number of halogens is 3. The Hall–Kier alpha value is -1.49. The van der Waals surface area contributed by atoms with Crippen molar-refractivity contribution in [1.82, 2.24) is 9.88 Å². The van der Waals surface area contributed by atoms with E-state index in [1.54, 1.807) is 41.4 Å². The number of nitrogens with zero attached hydrogens (tertiary/aromatic N) is 2. The topological polar surface area (TPSA) is 42.4 Å². The molecule has 1 aliphatic heterocycles. The molecule has 0 unspecified atom stereocenters. The molecule has 1 fully saturated rings. The molecule has 0 bridgehead atoms. The number of likely N-dealkylation sites (tertiary alicyclic amines) is 1. The number of pyridine rings is 1. The highest BCUT2D eigenvalue weighted by Crippen LogP contribution is 2.26. The van der Waals surface area contributed by atoms with E-state index in [1.807, 2.05) is 0 Å². The fourth-order valence-electron chi connectivity index (χ4n) is 2.62. The monoisotopic (exact) mass is 384 g/mol. The average molecular weight is 386 g/mol. The molecule has 2 heterocycles. The third-order valence-electron chi connectivity index (χ3n) is 3.89. The molecule has 24 heavy (non-hydrogen) atoms. The Morgan fingerprint density at radius 3 is 2.58 bits per heavy atom. The Morgan fingerprint density at radius 2 is 1.88 bits per heavy atom. The van der Waals surface area contributed by atoms with E-state index < -0.39 is 0 Å². The Balaban J connectivity index is 1.61. The Kier molecular flexibility index (Phi) is 5.49. The summed E-state index contributed by atoms with van der Waals surface area (Å²) in [5, 5.41) is 1.38. The number of amides is 1.